The van der Waals surface area contributed by atoms with Gasteiger partial charge in [0.25, 0.3) is 0 Å². The molecule has 134 valence electrons. The summed E-state index contributed by atoms with van der Waals surface area (Å²) in [5.41, 5.74) is 3.71. The average molecular weight is 435 g/mol. The molecule has 1 aromatic heterocycles. The fourth-order valence-electron chi connectivity index (χ4n) is 2.58. The fourth-order valence-corrected chi connectivity index (χ4v) is 2.58. The Balaban J connectivity index is 0.00000484. The Bertz CT molecular complexity index is 482. The van der Waals surface area contributed by atoms with Crippen molar-refractivity contribution in [2.75, 3.05) is 13.1 Å². The molecule has 0 fully saturated rings. The summed E-state index contributed by atoms with van der Waals surface area (Å²) in [4.78, 5) is 4.66. The molecule has 0 aliphatic heterocycles. The molecule has 0 aromatic carbocycles. The highest BCUT2D eigenvalue weighted by molar-refractivity contribution is 14.0. The van der Waals surface area contributed by atoms with Crippen LogP contribution >= 0.6 is 24.0 Å². The maximum Gasteiger partial charge on any atom is 0.191 e. The van der Waals surface area contributed by atoms with E-state index >= 15 is 0 Å². The number of nitrogens with one attached hydrogen (secondary N) is 2. The average Bonchev–Trinajstić information content (AvgIpc) is 2.70. The molecule has 1 rings (SSSR count). The number of unbranched alkanes of at least 4 members (excludes halogenated alkanes) is 2. The Morgan fingerprint density at radius 1 is 1.26 bits per heavy atom. The van der Waals surface area contributed by atoms with E-state index in [0.29, 0.717) is 6.04 Å². The molecule has 2 N–H and O–H groups in total. The SMILES string of the molecule is CCCCCN=C(NCC)NC(C)Cc1c(C)nn(C)c1C.I. The predicted octanol–water partition coefficient (Wildman–Crippen LogP) is 3.33. The highest BCUT2D eigenvalue weighted by Crippen LogP contribution is 2.14. The highest BCUT2D eigenvalue weighted by atomic mass is 127. The van der Waals surface area contributed by atoms with Crippen LogP contribution in [0.25, 0.3) is 0 Å². The lowest BCUT2D eigenvalue weighted by atomic mass is 10.1. The number of halogens is 1. The number of aromatic nitrogens is 2. The Labute approximate surface area is 158 Å². The number of hydrogen-bond acceptors (Lipinski definition) is 2. The predicted molar refractivity (Wildman–Crippen MR) is 110 cm³/mol. The number of rotatable bonds is 8. The van der Waals surface area contributed by atoms with Crippen molar-refractivity contribution in [1.29, 1.82) is 0 Å². The Hall–Kier alpha value is -0.790. The lowest BCUT2D eigenvalue weighted by Gasteiger charge is -2.18. The second kappa shape index (κ2) is 11.7. The molecule has 5 nitrogen and oxygen atoms in total. The van der Waals surface area contributed by atoms with E-state index in [1.54, 1.807) is 0 Å². The van der Waals surface area contributed by atoms with E-state index < -0.39 is 0 Å². The van der Waals surface area contributed by atoms with Crippen molar-refractivity contribution in [2.45, 2.75) is 66.3 Å². The first-order valence-electron chi connectivity index (χ1n) is 8.53. The Kier molecular flexibility index (Phi) is 11.3. The van der Waals surface area contributed by atoms with Crippen LogP contribution in [-0.4, -0.2) is 34.9 Å². The monoisotopic (exact) mass is 435 g/mol. The number of aliphatic imine (C=N–C) groups is 1. The smallest absolute Gasteiger partial charge is 0.191 e. The van der Waals surface area contributed by atoms with Gasteiger partial charge in [-0.05, 0) is 46.1 Å². The zero-order chi connectivity index (χ0) is 16.5. The summed E-state index contributed by atoms with van der Waals surface area (Å²) in [7, 11) is 2.00. The second-order valence-corrected chi connectivity index (χ2v) is 5.99. The van der Waals surface area contributed by atoms with Crippen LogP contribution in [0.5, 0.6) is 0 Å². The lowest BCUT2D eigenvalue weighted by Crippen LogP contribution is -2.43. The summed E-state index contributed by atoms with van der Waals surface area (Å²) in [6, 6.07) is 0.325. The van der Waals surface area contributed by atoms with Gasteiger partial charge in [-0.15, -0.1) is 24.0 Å². The number of guanidine groups is 1. The van der Waals surface area contributed by atoms with Crippen LogP contribution in [-0.2, 0) is 13.5 Å². The topological polar surface area (TPSA) is 54.2 Å². The molecule has 1 atom stereocenters. The van der Waals surface area contributed by atoms with Gasteiger partial charge >= 0.3 is 0 Å². The summed E-state index contributed by atoms with van der Waals surface area (Å²) in [6.07, 6.45) is 4.59. The van der Waals surface area contributed by atoms with E-state index in [1.807, 2.05) is 11.7 Å². The van der Waals surface area contributed by atoms with Gasteiger partial charge in [0.15, 0.2) is 5.96 Å². The summed E-state index contributed by atoms with van der Waals surface area (Å²) in [6.45, 7) is 12.5. The molecule has 6 heteroatoms. The van der Waals surface area contributed by atoms with Crippen LogP contribution in [0.3, 0.4) is 0 Å². The quantitative estimate of drug-likeness (QED) is 0.285. The normalized spacial score (nSPS) is 12.7. The van der Waals surface area contributed by atoms with Gasteiger partial charge in [-0.25, -0.2) is 0 Å². The van der Waals surface area contributed by atoms with Gasteiger partial charge in [0.05, 0.1) is 5.69 Å². The summed E-state index contributed by atoms with van der Waals surface area (Å²) in [5, 5.41) is 11.3. The van der Waals surface area contributed by atoms with Crippen LogP contribution in [0.2, 0.25) is 0 Å². The third-order valence-corrected chi connectivity index (χ3v) is 3.93. The first-order valence-corrected chi connectivity index (χ1v) is 8.53. The maximum atomic E-state index is 4.66. The molecule has 0 saturated carbocycles. The van der Waals surface area contributed by atoms with E-state index in [4.69, 9.17) is 0 Å². The van der Waals surface area contributed by atoms with Crippen LogP contribution in [0.4, 0.5) is 0 Å². The first-order chi connectivity index (χ1) is 10.5. The molecule has 0 aliphatic carbocycles. The molecule has 0 saturated heterocycles. The van der Waals surface area contributed by atoms with Gasteiger partial charge in [-0.2, -0.15) is 5.10 Å². The van der Waals surface area contributed by atoms with Crippen molar-refractivity contribution >= 4 is 29.9 Å². The van der Waals surface area contributed by atoms with E-state index in [-0.39, 0.29) is 24.0 Å². The molecule has 1 aromatic rings. The largest absolute Gasteiger partial charge is 0.357 e. The van der Waals surface area contributed by atoms with E-state index in [2.05, 4.69) is 55.3 Å². The summed E-state index contributed by atoms with van der Waals surface area (Å²) < 4.78 is 1.96. The maximum absolute atomic E-state index is 4.66. The molecule has 23 heavy (non-hydrogen) atoms. The van der Waals surface area contributed by atoms with Gasteiger partial charge in [-0.3, -0.25) is 9.67 Å². The highest BCUT2D eigenvalue weighted by Gasteiger charge is 2.13. The van der Waals surface area contributed by atoms with Crippen molar-refractivity contribution < 1.29 is 0 Å². The van der Waals surface area contributed by atoms with E-state index in [1.165, 1.54) is 24.1 Å². The lowest BCUT2D eigenvalue weighted by molar-refractivity contribution is 0.632. The zero-order valence-corrected chi connectivity index (χ0v) is 17.9. The molecule has 0 spiro atoms. The van der Waals surface area contributed by atoms with Crippen molar-refractivity contribution in [3.8, 4) is 0 Å². The minimum atomic E-state index is 0. The standard InChI is InChI=1S/C17H33N5.HI/c1-7-9-10-11-19-17(18-8-2)20-13(3)12-16-14(4)21-22(6)15(16)5;/h13H,7-12H2,1-6H3,(H2,18,19,20);1H. The van der Waals surface area contributed by atoms with Crippen molar-refractivity contribution in [3.63, 3.8) is 0 Å². The van der Waals surface area contributed by atoms with Gasteiger partial charge in [0, 0.05) is 31.9 Å². The third-order valence-electron chi connectivity index (χ3n) is 3.93. The van der Waals surface area contributed by atoms with Crippen molar-refractivity contribution in [2.24, 2.45) is 12.0 Å². The molecule has 1 unspecified atom stereocenters. The first kappa shape index (κ1) is 22.2. The fraction of sp³-hybridized carbons (Fsp3) is 0.765. The van der Waals surface area contributed by atoms with Gasteiger partial charge < -0.3 is 10.6 Å². The molecule has 0 bridgehead atoms. The second-order valence-electron chi connectivity index (χ2n) is 5.99. The molecule has 0 radical (unpaired) electrons. The molecule has 0 amide bonds. The van der Waals surface area contributed by atoms with E-state index in [9.17, 15) is 0 Å². The van der Waals surface area contributed by atoms with Gasteiger partial charge in [0.2, 0.25) is 0 Å². The number of hydrogen-bond donors (Lipinski definition) is 2. The third kappa shape index (κ3) is 7.54. The van der Waals surface area contributed by atoms with Crippen LogP contribution in [0, 0.1) is 13.8 Å². The summed E-state index contributed by atoms with van der Waals surface area (Å²) >= 11 is 0. The van der Waals surface area contributed by atoms with Gasteiger partial charge in [0.1, 0.15) is 0 Å². The Morgan fingerprint density at radius 3 is 2.48 bits per heavy atom. The van der Waals surface area contributed by atoms with Crippen LogP contribution in [0.1, 0.15) is 57.0 Å². The minimum Gasteiger partial charge on any atom is -0.357 e. The van der Waals surface area contributed by atoms with Crippen molar-refractivity contribution in [3.05, 3.63) is 17.0 Å². The van der Waals surface area contributed by atoms with Crippen LogP contribution < -0.4 is 10.6 Å². The zero-order valence-electron chi connectivity index (χ0n) is 15.6. The molecule has 1 heterocycles. The van der Waals surface area contributed by atoms with Crippen LogP contribution in [0.15, 0.2) is 4.99 Å². The van der Waals surface area contributed by atoms with Gasteiger partial charge in [-0.1, -0.05) is 19.8 Å². The Morgan fingerprint density at radius 2 is 1.96 bits per heavy atom. The van der Waals surface area contributed by atoms with E-state index in [0.717, 1.165) is 37.6 Å². The summed E-state index contributed by atoms with van der Waals surface area (Å²) in [5.74, 6) is 0.922. The number of aryl methyl sites for hydroxylation is 2. The molecular formula is C17H34IN5. The molecule has 0 aliphatic rings. The number of nitrogens with zero attached hydrogens (tertiary/aromatic N) is 3. The minimum absolute atomic E-state index is 0. The molecular weight excluding hydrogens is 401 g/mol. The van der Waals surface area contributed by atoms with Crippen molar-refractivity contribution in [1.82, 2.24) is 20.4 Å².